The maximum atomic E-state index is 11.4. The lowest BCUT2D eigenvalue weighted by Gasteiger charge is -2.38. The quantitative estimate of drug-likeness (QED) is 0.846. The van der Waals surface area contributed by atoms with Gasteiger partial charge in [0.1, 0.15) is 0 Å². The number of ether oxygens (including phenoxy) is 1. The molecule has 0 aliphatic heterocycles. The van der Waals surface area contributed by atoms with Gasteiger partial charge in [0.15, 0.2) is 0 Å². The van der Waals surface area contributed by atoms with Gasteiger partial charge in [-0.05, 0) is 44.6 Å². The van der Waals surface area contributed by atoms with Gasteiger partial charge in [-0.25, -0.2) is 4.79 Å². The van der Waals surface area contributed by atoms with Gasteiger partial charge in [-0.1, -0.05) is 25.0 Å². The molecule has 1 fully saturated rings. The van der Waals surface area contributed by atoms with Crippen LogP contribution in [0.2, 0.25) is 0 Å². The van der Waals surface area contributed by atoms with E-state index < -0.39 is 0 Å². The molecule has 0 amide bonds. The molecule has 0 heterocycles. The molecule has 4 nitrogen and oxygen atoms in total. The fraction of sp³-hybridized carbons (Fsp3) is 0.588. The van der Waals surface area contributed by atoms with E-state index in [0.717, 1.165) is 6.54 Å². The lowest BCUT2D eigenvalue weighted by molar-refractivity contribution is 0.0600. The van der Waals surface area contributed by atoms with Crippen LogP contribution in [-0.2, 0) is 11.3 Å². The van der Waals surface area contributed by atoms with Gasteiger partial charge in [-0.2, -0.15) is 0 Å². The van der Waals surface area contributed by atoms with Crippen LogP contribution in [0, 0.1) is 0 Å². The molecule has 1 aliphatic rings. The van der Waals surface area contributed by atoms with E-state index in [1.165, 1.54) is 38.4 Å². The standard InChI is InChI=1S/C17H26N2O2/c1-18-15-6-4-5-7-16(15)19(2)12-13-8-10-14(11-9-13)17(20)21-3/h8-11,15-16,18H,4-7,12H2,1-3H3/t15-,16-/m0/s1. The number of nitrogens with zero attached hydrogens (tertiary/aromatic N) is 1. The Balaban J connectivity index is 1.98. The molecule has 0 saturated heterocycles. The van der Waals surface area contributed by atoms with Crippen LogP contribution in [0.15, 0.2) is 24.3 Å². The van der Waals surface area contributed by atoms with Crippen molar-refractivity contribution in [1.82, 2.24) is 10.2 Å². The van der Waals surface area contributed by atoms with Gasteiger partial charge in [0.2, 0.25) is 0 Å². The average Bonchev–Trinajstić information content (AvgIpc) is 2.54. The zero-order chi connectivity index (χ0) is 15.2. The summed E-state index contributed by atoms with van der Waals surface area (Å²) >= 11 is 0. The van der Waals surface area contributed by atoms with E-state index in [4.69, 9.17) is 4.74 Å². The predicted octanol–water partition coefficient (Wildman–Crippen LogP) is 2.44. The highest BCUT2D eigenvalue weighted by Crippen LogP contribution is 2.23. The van der Waals surface area contributed by atoms with Gasteiger partial charge in [0.05, 0.1) is 12.7 Å². The summed E-state index contributed by atoms with van der Waals surface area (Å²) in [6, 6.07) is 8.87. The Morgan fingerprint density at radius 2 is 1.95 bits per heavy atom. The first-order valence-electron chi connectivity index (χ1n) is 7.70. The van der Waals surface area contributed by atoms with Gasteiger partial charge in [0.25, 0.3) is 0 Å². The minimum absolute atomic E-state index is 0.280. The van der Waals surface area contributed by atoms with Crippen LogP contribution in [0.25, 0.3) is 0 Å². The van der Waals surface area contributed by atoms with Crippen LogP contribution in [0.3, 0.4) is 0 Å². The summed E-state index contributed by atoms with van der Waals surface area (Å²) in [7, 11) is 5.65. The molecule has 1 saturated carbocycles. The van der Waals surface area contributed by atoms with Crippen molar-refractivity contribution < 1.29 is 9.53 Å². The van der Waals surface area contributed by atoms with Crippen molar-refractivity contribution in [3.63, 3.8) is 0 Å². The van der Waals surface area contributed by atoms with E-state index in [-0.39, 0.29) is 5.97 Å². The molecule has 1 N–H and O–H groups in total. The number of esters is 1. The van der Waals surface area contributed by atoms with E-state index >= 15 is 0 Å². The lowest BCUT2D eigenvalue weighted by atomic mass is 9.89. The first kappa shape index (κ1) is 16.0. The highest BCUT2D eigenvalue weighted by atomic mass is 16.5. The van der Waals surface area contributed by atoms with Crippen LogP contribution in [0.1, 0.15) is 41.6 Å². The SMILES string of the molecule is CN[C@H]1CCCC[C@@H]1N(C)Cc1ccc(C(=O)OC)cc1. The molecule has 116 valence electrons. The first-order valence-corrected chi connectivity index (χ1v) is 7.70. The monoisotopic (exact) mass is 290 g/mol. The van der Waals surface area contributed by atoms with Crippen molar-refractivity contribution in [2.24, 2.45) is 0 Å². The van der Waals surface area contributed by atoms with Crippen LogP contribution < -0.4 is 5.32 Å². The van der Waals surface area contributed by atoms with Gasteiger partial charge < -0.3 is 10.1 Å². The molecule has 0 unspecified atom stereocenters. The van der Waals surface area contributed by atoms with Crippen molar-refractivity contribution in [2.75, 3.05) is 21.2 Å². The molecule has 1 aromatic rings. The van der Waals surface area contributed by atoms with Crippen LogP contribution in [0.4, 0.5) is 0 Å². The number of benzene rings is 1. The fourth-order valence-corrected chi connectivity index (χ4v) is 3.24. The summed E-state index contributed by atoms with van der Waals surface area (Å²) in [6.45, 7) is 0.907. The predicted molar refractivity (Wildman–Crippen MR) is 84.4 cm³/mol. The number of hydrogen-bond acceptors (Lipinski definition) is 4. The van der Waals surface area contributed by atoms with E-state index in [1.54, 1.807) is 0 Å². The van der Waals surface area contributed by atoms with Crippen LogP contribution >= 0.6 is 0 Å². The summed E-state index contributed by atoms with van der Waals surface area (Å²) in [5, 5.41) is 3.45. The molecule has 1 aliphatic carbocycles. The normalized spacial score (nSPS) is 22.3. The minimum Gasteiger partial charge on any atom is -0.465 e. The second-order valence-corrected chi connectivity index (χ2v) is 5.85. The Labute approximate surface area is 127 Å². The summed E-state index contributed by atoms with van der Waals surface area (Å²) < 4.78 is 4.72. The van der Waals surface area contributed by atoms with E-state index in [9.17, 15) is 4.79 Å². The number of nitrogens with one attached hydrogen (secondary N) is 1. The zero-order valence-electron chi connectivity index (χ0n) is 13.3. The number of likely N-dealkylation sites (N-methyl/N-ethyl adjacent to an activating group) is 2. The fourth-order valence-electron chi connectivity index (χ4n) is 3.24. The number of rotatable bonds is 5. The second kappa shape index (κ2) is 7.57. The summed E-state index contributed by atoms with van der Waals surface area (Å²) in [6.07, 6.45) is 5.15. The Hall–Kier alpha value is -1.39. The van der Waals surface area contributed by atoms with E-state index in [2.05, 4.69) is 24.3 Å². The highest BCUT2D eigenvalue weighted by Gasteiger charge is 2.26. The second-order valence-electron chi connectivity index (χ2n) is 5.85. The third-order valence-corrected chi connectivity index (χ3v) is 4.47. The Morgan fingerprint density at radius 3 is 2.57 bits per heavy atom. The van der Waals surface area contributed by atoms with Crippen molar-refractivity contribution in [1.29, 1.82) is 0 Å². The summed E-state index contributed by atoms with van der Waals surface area (Å²) in [5.41, 5.74) is 1.83. The highest BCUT2D eigenvalue weighted by molar-refractivity contribution is 5.89. The molecule has 4 heteroatoms. The molecular weight excluding hydrogens is 264 g/mol. The number of hydrogen-bond donors (Lipinski definition) is 1. The Kier molecular flexibility index (Phi) is 5.76. The maximum Gasteiger partial charge on any atom is 0.337 e. The number of carbonyl (C=O) groups excluding carboxylic acids is 1. The molecule has 0 aromatic heterocycles. The van der Waals surface area contributed by atoms with Crippen LogP contribution in [-0.4, -0.2) is 44.2 Å². The van der Waals surface area contributed by atoms with Gasteiger partial charge >= 0.3 is 5.97 Å². The van der Waals surface area contributed by atoms with Crippen molar-refractivity contribution in [2.45, 2.75) is 44.3 Å². The number of carbonyl (C=O) groups is 1. The van der Waals surface area contributed by atoms with E-state index in [0.29, 0.717) is 17.6 Å². The third-order valence-electron chi connectivity index (χ3n) is 4.47. The zero-order valence-corrected chi connectivity index (χ0v) is 13.3. The van der Waals surface area contributed by atoms with Crippen molar-refractivity contribution >= 4 is 5.97 Å². The van der Waals surface area contributed by atoms with Crippen molar-refractivity contribution in [3.05, 3.63) is 35.4 Å². The van der Waals surface area contributed by atoms with Gasteiger partial charge in [0, 0.05) is 18.6 Å². The lowest BCUT2D eigenvalue weighted by Crippen LogP contribution is -2.49. The molecule has 0 spiro atoms. The summed E-state index contributed by atoms with van der Waals surface area (Å²) in [4.78, 5) is 13.9. The summed E-state index contributed by atoms with van der Waals surface area (Å²) in [5.74, 6) is -0.280. The molecule has 1 aromatic carbocycles. The molecular formula is C17H26N2O2. The first-order chi connectivity index (χ1) is 10.2. The van der Waals surface area contributed by atoms with Crippen LogP contribution in [0.5, 0.6) is 0 Å². The molecule has 0 bridgehead atoms. The molecule has 2 atom stereocenters. The largest absolute Gasteiger partial charge is 0.465 e. The topological polar surface area (TPSA) is 41.6 Å². The van der Waals surface area contributed by atoms with Gasteiger partial charge in [-0.3, -0.25) is 4.90 Å². The maximum absolute atomic E-state index is 11.4. The number of methoxy groups -OCH3 is 1. The Bertz CT molecular complexity index is 458. The average molecular weight is 290 g/mol. The Morgan fingerprint density at radius 1 is 1.29 bits per heavy atom. The minimum atomic E-state index is -0.280. The molecule has 2 rings (SSSR count). The van der Waals surface area contributed by atoms with Crippen molar-refractivity contribution in [3.8, 4) is 0 Å². The smallest absolute Gasteiger partial charge is 0.337 e. The van der Waals surface area contributed by atoms with Gasteiger partial charge in [-0.15, -0.1) is 0 Å². The third kappa shape index (κ3) is 4.05. The molecule has 21 heavy (non-hydrogen) atoms. The van der Waals surface area contributed by atoms with E-state index in [1.807, 2.05) is 24.3 Å². The molecule has 0 radical (unpaired) electrons.